The summed E-state index contributed by atoms with van der Waals surface area (Å²) in [5, 5.41) is 11.6. The Morgan fingerprint density at radius 2 is 1.95 bits per heavy atom. The van der Waals surface area contributed by atoms with Crippen molar-refractivity contribution in [2.24, 2.45) is 5.73 Å². The summed E-state index contributed by atoms with van der Waals surface area (Å²) in [6.45, 7) is 1.94. The van der Waals surface area contributed by atoms with Gasteiger partial charge in [0.05, 0.1) is 18.5 Å². The van der Waals surface area contributed by atoms with Crippen molar-refractivity contribution in [1.29, 1.82) is 0 Å². The van der Waals surface area contributed by atoms with Gasteiger partial charge in [-0.05, 0) is 12.0 Å². The number of aliphatic carboxylic acids is 1. The highest BCUT2D eigenvalue weighted by Gasteiger charge is 2.20. The molecule has 104 valence electrons. The normalized spacial score (nSPS) is 13.6. The van der Waals surface area contributed by atoms with E-state index in [2.05, 4.69) is 5.32 Å². The number of carboxylic acids is 1. The van der Waals surface area contributed by atoms with E-state index in [4.69, 9.17) is 10.8 Å². The fourth-order valence-electron chi connectivity index (χ4n) is 1.83. The third-order valence-corrected chi connectivity index (χ3v) is 2.83. The first-order valence-corrected chi connectivity index (χ1v) is 6.37. The fourth-order valence-corrected chi connectivity index (χ4v) is 1.83. The maximum absolute atomic E-state index is 11.9. The summed E-state index contributed by atoms with van der Waals surface area (Å²) in [5.74, 6) is -1.27. The van der Waals surface area contributed by atoms with Crippen molar-refractivity contribution in [2.75, 3.05) is 0 Å². The van der Waals surface area contributed by atoms with Gasteiger partial charge in [0.2, 0.25) is 5.91 Å². The number of hydrogen-bond donors (Lipinski definition) is 3. The lowest BCUT2D eigenvalue weighted by molar-refractivity contribution is -0.137. The lowest BCUT2D eigenvalue weighted by Crippen LogP contribution is -2.42. The molecule has 1 rings (SSSR count). The first kappa shape index (κ1) is 15.2. The molecule has 0 bridgehead atoms. The van der Waals surface area contributed by atoms with Gasteiger partial charge < -0.3 is 16.2 Å². The van der Waals surface area contributed by atoms with Gasteiger partial charge in [0.25, 0.3) is 0 Å². The van der Waals surface area contributed by atoms with Crippen molar-refractivity contribution >= 4 is 11.9 Å². The zero-order valence-corrected chi connectivity index (χ0v) is 11.0. The van der Waals surface area contributed by atoms with Gasteiger partial charge >= 0.3 is 5.97 Å². The Balaban J connectivity index is 2.76. The van der Waals surface area contributed by atoms with E-state index in [1.54, 1.807) is 12.1 Å². The summed E-state index contributed by atoms with van der Waals surface area (Å²) in [6, 6.07) is 7.90. The van der Waals surface area contributed by atoms with E-state index in [-0.39, 0.29) is 12.3 Å². The number of hydrogen-bond acceptors (Lipinski definition) is 3. The first-order chi connectivity index (χ1) is 9.04. The van der Waals surface area contributed by atoms with Crippen LogP contribution in [0.1, 0.15) is 37.8 Å². The molecule has 0 heterocycles. The van der Waals surface area contributed by atoms with Crippen molar-refractivity contribution in [2.45, 2.75) is 38.3 Å². The summed E-state index contributed by atoms with van der Waals surface area (Å²) in [6.07, 6.45) is 1.23. The van der Waals surface area contributed by atoms with Gasteiger partial charge in [0.1, 0.15) is 0 Å². The fraction of sp³-hybridized carbons (Fsp3) is 0.429. The van der Waals surface area contributed by atoms with Gasteiger partial charge in [-0.25, -0.2) is 0 Å². The van der Waals surface area contributed by atoms with Gasteiger partial charge in [-0.15, -0.1) is 0 Å². The monoisotopic (exact) mass is 264 g/mol. The standard InChI is InChI=1S/C14H20N2O3/c1-2-6-11(15)14(19)16-12(9-13(17)18)10-7-4-3-5-8-10/h3-5,7-8,11-12H,2,6,9,15H2,1H3,(H,16,19)(H,17,18)/t11-,12?/m1/s1. The second-order valence-electron chi connectivity index (χ2n) is 4.46. The highest BCUT2D eigenvalue weighted by atomic mass is 16.4. The largest absolute Gasteiger partial charge is 0.481 e. The number of nitrogens with one attached hydrogen (secondary N) is 1. The van der Waals surface area contributed by atoms with Crippen molar-refractivity contribution in [3.63, 3.8) is 0 Å². The Morgan fingerprint density at radius 3 is 2.47 bits per heavy atom. The number of carbonyl (C=O) groups is 2. The SMILES string of the molecule is CCC[C@@H](N)C(=O)NC(CC(=O)O)c1ccccc1. The van der Waals surface area contributed by atoms with E-state index in [1.165, 1.54) is 0 Å². The maximum Gasteiger partial charge on any atom is 0.305 e. The van der Waals surface area contributed by atoms with Crippen LogP contribution in [0.4, 0.5) is 0 Å². The number of amides is 1. The highest BCUT2D eigenvalue weighted by molar-refractivity contribution is 5.82. The summed E-state index contributed by atoms with van der Waals surface area (Å²) < 4.78 is 0. The lowest BCUT2D eigenvalue weighted by Gasteiger charge is -2.20. The Hall–Kier alpha value is -1.88. The maximum atomic E-state index is 11.9. The molecule has 1 aromatic rings. The molecule has 5 heteroatoms. The van der Waals surface area contributed by atoms with Crippen LogP contribution in [0.5, 0.6) is 0 Å². The quantitative estimate of drug-likeness (QED) is 0.695. The average molecular weight is 264 g/mol. The van der Waals surface area contributed by atoms with E-state index >= 15 is 0 Å². The van der Waals surface area contributed by atoms with Gasteiger partial charge in [0.15, 0.2) is 0 Å². The summed E-state index contributed by atoms with van der Waals surface area (Å²) in [4.78, 5) is 22.7. The molecule has 1 amide bonds. The van der Waals surface area contributed by atoms with Gasteiger partial charge in [-0.3, -0.25) is 9.59 Å². The van der Waals surface area contributed by atoms with Crippen molar-refractivity contribution in [3.8, 4) is 0 Å². The molecular weight excluding hydrogens is 244 g/mol. The zero-order valence-electron chi connectivity index (χ0n) is 11.0. The van der Waals surface area contributed by atoms with Crippen LogP contribution < -0.4 is 11.1 Å². The molecule has 1 aromatic carbocycles. The predicted molar refractivity (Wildman–Crippen MR) is 72.5 cm³/mol. The first-order valence-electron chi connectivity index (χ1n) is 6.37. The van der Waals surface area contributed by atoms with Gasteiger partial charge in [-0.2, -0.15) is 0 Å². The van der Waals surface area contributed by atoms with E-state index in [0.717, 1.165) is 12.0 Å². The Labute approximate surface area is 112 Å². The molecule has 0 saturated heterocycles. The predicted octanol–water partition coefficient (Wildman–Crippen LogP) is 1.45. The zero-order chi connectivity index (χ0) is 14.3. The molecule has 5 nitrogen and oxygen atoms in total. The van der Waals surface area contributed by atoms with Crippen LogP contribution in [0.25, 0.3) is 0 Å². The molecule has 19 heavy (non-hydrogen) atoms. The second-order valence-corrected chi connectivity index (χ2v) is 4.46. The number of rotatable bonds is 7. The molecule has 0 fully saturated rings. The highest BCUT2D eigenvalue weighted by Crippen LogP contribution is 2.16. The van der Waals surface area contributed by atoms with E-state index in [1.807, 2.05) is 25.1 Å². The van der Waals surface area contributed by atoms with Crippen LogP contribution in [0.15, 0.2) is 30.3 Å². The third-order valence-electron chi connectivity index (χ3n) is 2.83. The summed E-state index contributed by atoms with van der Waals surface area (Å²) >= 11 is 0. The molecule has 4 N–H and O–H groups in total. The van der Waals surface area contributed by atoms with E-state index in [9.17, 15) is 9.59 Å². The van der Waals surface area contributed by atoms with E-state index in [0.29, 0.717) is 6.42 Å². The molecular formula is C14H20N2O3. The van der Waals surface area contributed by atoms with Crippen molar-refractivity contribution in [1.82, 2.24) is 5.32 Å². The Kier molecular flexibility index (Phi) is 6.02. The van der Waals surface area contributed by atoms with Crippen LogP contribution in [0.3, 0.4) is 0 Å². The molecule has 2 atom stereocenters. The smallest absolute Gasteiger partial charge is 0.305 e. The van der Waals surface area contributed by atoms with Crippen LogP contribution in [-0.4, -0.2) is 23.0 Å². The second kappa shape index (κ2) is 7.53. The van der Waals surface area contributed by atoms with Crippen LogP contribution in [0.2, 0.25) is 0 Å². The molecule has 0 saturated carbocycles. The molecule has 0 aliphatic heterocycles. The molecule has 0 spiro atoms. The minimum Gasteiger partial charge on any atom is -0.481 e. The van der Waals surface area contributed by atoms with Crippen LogP contribution in [0, 0.1) is 0 Å². The number of carbonyl (C=O) groups excluding carboxylic acids is 1. The minimum absolute atomic E-state index is 0.158. The van der Waals surface area contributed by atoms with Crippen LogP contribution >= 0.6 is 0 Å². The summed E-state index contributed by atoms with van der Waals surface area (Å²) in [5.41, 5.74) is 6.49. The Bertz CT molecular complexity index is 420. The summed E-state index contributed by atoms with van der Waals surface area (Å²) in [7, 11) is 0. The number of benzene rings is 1. The Morgan fingerprint density at radius 1 is 1.32 bits per heavy atom. The number of nitrogens with two attached hydrogens (primary N) is 1. The van der Waals surface area contributed by atoms with Crippen LogP contribution in [-0.2, 0) is 9.59 Å². The third kappa shape index (κ3) is 5.09. The topological polar surface area (TPSA) is 92.4 Å². The molecule has 1 unspecified atom stereocenters. The molecule has 0 aromatic heterocycles. The molecule has 0 aliphatic rings. The molecule has 0 radical (unpaired) electrons. The average Bonchev–Trinajstić information content (AvgIpc) is 2.38. The van der Waals surface area contributed by atoms with Gasteiger partial charge in [-0.1, -0.05) is 43.7 Å². The van der Waals surface area contributed by atoms with E-state index < -0.39 is 18.1 Å². The molecule has 0 aliphatic carbocycles. The van der Waals surface area contributed by atoms with Gasteiger partial charge in [0, 0.05) is 0 Å². The van der Waals surface area contributed by atoms with Crippen molar-refractivity contribution < 1.29 is 14.7 Å². The number of carboxylic acid groups (broad SMARTS) is 1. The minimum atomic E-state index is -0.960. The lowest BCUT2D eigenvalue weighted by atomic mass is 10.0. The van der Waals surface area contributed by atoms with Crippen molar-refractivity contribution in [3.05, 3.63) is 35.9 Å².